The first-order chi connectivity index (χ1) is 9.41. The summed E-state index contributed by atoms with van der Waals surface area (Å²) in [6.45, 7) is 4.30. The van der Waals surface area contributed by atoms with Crippen molar-refractivity contribution in [3.05, 3.63) is 41.6 Å². The van der Waals surface area contributed by atoms with Crippen LogP contribution in [0, 0.1) is 5.92 Å². The van der Waals surface area contributed by atoms with Gasteiger partial charge < -0.3 is 4.90 Å². The smallest absolute Gasteiger partial charge is 0.234 e. The second-order valence-corrected chi connectivity index (χ2v) is 5.98. The highest BCUT2D eigenvalue weighted by molar-refractivity contribution is 6.04. The molecule has 2 amide bonds. The third kappa shape index (κ3) is 1.75. The molecule has 104 valence electrons. The molecule has 2 aliphatic rings. The Morgan fingerprint density at radius 1 is 1.30 bits per heavy atom. The van der Waals surface area contributed by atoms with Gasteiger partial charge in [-0.05, 0) is 11.6 Å². The molecule has 4 nitrogen and oxygen atoms in total. The summed E-state index contributed by atoms with van der Waals surface area (Å²) >= 11 is 0. The van der Waals surface area contributed by atoms with E-state index in [9.17, 15) is 9.59 Å². The van der Waals surface area contributed by atoms with E-state index in [-0.39, 0.29) is 29.6 Å². The van der Waals surface area contributed by atoms with Crippen LogP contribution in [0.3, 0.4) is 0 Å². The maximum Gasteiger partial charge on any atom is 0.234 e. The number of rotatable bonds is 1. The summed E-state index contributed by atoms with van der Waals surface area (Å²) in [6, 6.07) is 8.24. The number of carbonyl (C=O) groups excluding carboxylic acids is 2. The number of likely N-dealkylation sites (N-methyl/N-ethyl adjacent to an activating group) is 1. The molecule has 2 aliphatic heterocycles. The van der Waals surface area contributed by atoms with Crippen molar-refractivity contribution in [3.8, 4) is 0 Å². The standard InChI is InChI=1S/C16H18N2O2/c1-16(2)11-6-4-5-7-12(11)18(3)13(16)8-10-9-14(19)17-15(10)20/h4-8,10H,9H2,1-3H3,(H,17,19,20)/b13-8+/t10-/m0/s1. The van der Waals surface area contributed by atoms with E-state index < -0.39 is 0 Å². The van der Waals surface area contributed by atoms with Gasteiger partial charge in [0.1, 0.15) is 0 Å². The van der Waals surface area contributed by atoms with Gasteiger partial charge in [0, 0.05) is 30.3 Å². The van der Waals surface area contributed by atoms with Crippen LogP contribution >= 0.6 is 0 Å². The van der Waals surface area contributed by atoms with E-state index in [4.69, 9.17) is 0 Å². The third-order valence-corrected chi connectivity index (χ3v) is 4.30. The molecule has 3 rings (SSSR count). The minimum absolute atomic E-state index is 0.155. The van der Waals surface area contributed by atoms with Crippen molar-refractivity contribution in [1.29, 1.82) is 0 Å². The molecule has 20 heavy (non-hydrogen) atoms. The molecule has 1 saturated heterocycles. The van der Waals surface area contributed by atoms with Crippen molar-refractivity contribution < 1.29 is 9.59 Å². The van der Waals surface area contributed by atoms with E-state index in [0.717, 1.165) is 11.4 Å². The van der Waals surface area contributed by atoms with Crippen LogP contribution in [0.15, 0.2) is 36.0 Å². The Hall–Kier alpha value is -2.10. The van der Waals surface area contributed by atoms with Gasteiger partial charge in [-0.25, -0.2) is 0 Å². The number of fused-ring (bicyclic) bond motifs is 1. The molecule has 1 atom stereocenters. The first kappa shape index (κ1) is 12.9. The lowest BCUT2D eigenvalue weighted by atomic mass is 9.82. The second kappa shape index (κ2) is 4.20. The summed E-state index contributed by atoms with van der Waals surface area (Å²) in [5.41, 5.74) is 3.33. The van der Waals surface area contributed by atoms with Crippen LogP contribution in [-0.4, -0.2) is 18.9 Å². The van der Waals surface area contributed by atoms with Gasteiger partial charge >= 0.3 is 0 Å². The van der Waals surface area contributed by atoms with Crippen LogP contribution in [0.5, 0.6) is 0 Å². The largest absolute Gasteiger partial charge is 0.347 e. The van der Waals surface area contributed by atoms with E-state index in [1.807, 2.05) is 25.3 Å². The molecule has 0 aromatic heterocycles. The molecule has 1 aromatic rings. The van der Waals surface area contributed by atoms with E-state index >= 15 is 0 Å². The Bertz CT molecular complexity index is 631. The number of hydrogen-bond donors (Lipinski definition) is 1. The fraction of sp³-hybridized carbons (Fsp3) is 0.375. The number of para-hydroxylation sites is 1. The highest BCUT2D eigenvalue weighted by atomic mass is 16.2. The first-order valence-electron chi connectivity index (χ1n) is 6.80. The monoisotopic (exact) mass is 270 g/mol. The molecule has 4 heteroatoms. The fourth-order valence-corrected chi connectivity index (χ4v) is 3.20. The number of allylic oxidation sites excluding steroid dienone is 1. The van der Waals surface area contributed by atoms with Crippen LogP contribution in [-0.2, 0) is 15.0 Å². The number of amides is 2. The summed E-state index contributed by atoms with van der Waals surface area (Å²) in [4.78, 5) is 25.2. The molecule has 0 saturated carbocycles. The van der Waals surface area contributed by atoms with E-state index in [1.165, 1.54) is 5.56 Å². The molecular formula is C16H18N2O2. The van der Waals surface area contributed by atoms with Crippen molar-refractivity contribution in [2.75, 3.05) is 11.9 Å². The van der Waals surface area contributed by atoms with Gasteiger partial charge in [0.15, 0.2) is 0 Å². The maximum atomic E-state index is 11.8. The van der Waals surface area contributed by atoms with Gasteiger partial charge in [-0.15, -0.1) is 0 Å². The Labute approximate surface area is 118 Å². The molecule has 0 unspecified atom stereocenters. The van der Waals surface area contributed by atoms with Crippen molar-refractivity contribution in [2.24, 2.45) is 5.92 Å². The summed E-state index contributed by atoms with van der Waals surface area (Å²) in [5, 5.41) is 2.36. The van der Waals surface area contributed by atoms with Gasteiger partial charge in [-0.1, -0.05) is 38.1 Å². The topological polar surface area (TPSA) is 49.4 Å². The Morgan fingerprint density at radius 3 is 2.60 bits per heavy atom. The second-order valence-electron chi connectivity index (χ2n) is 5.98. The van der Waals surface area contributed by atoms with Crippen molar-refractivity contribution in [1.82, 2.24) is 5.32 Å². The molecule has 2 heterocycles. The zero-order chi connectivity index (χ0) is 14.5. The Morgan fingerprint density at radius 2 is 2.00 bits per heavy atom. The number of nitrogens with one attached hydrogen (secondary N) is 1. The van der Waals surface area contributed by atoms with Crippen LogP contribution in [0.25, 0.3) is 0 Å². The quantitative estimate of drug-likeness (QED) is 0.794. The number of nitrogens with zero attached hydrogens (tertiary/aromatic N) is 1. The Balaban J connectivity index is 2.04. The van der Waals surface area contributed by atoms with Crippen LogP contribution in [0.2, 0.25) is 0 Å². The number of carbonyl (C=O) groups is 2. The zero-order valence-corrected chi connectivity index (χ0v) is 11.9. The number of imide groups is 1. The van der Waals surface area contributed by atoms with E-state index in [2.05, 4.69) is 36.2 Å². The summed E-state index contributed by atoms with van der Waals surface area (Å²) in [7, 11) is 2.01. The average Bonchev–Trinajstić information content (AvgIpc) is 2.81. The first-order valence-corrected chi connectivity index (χ1v) is 6.80. The lowest BCUT2D eigenvalue weighted by molar-refractivity contribution is -0.125. The minimum atomic E-state index is -0.353. The highest BCUT2D eigenvalue weighted by Gasteiger charge is 2.40. The number of benzene rings is 1. The predicted octanol–water partition coefficient (Wildman–Crippen LogP) is 1.96. The normalized spacial score (nSPS) is 26.1. The van der Waals surface area contributed by atoms with Gasteiger partial charge in [-0.2, -0.15) is 0 Å². The molecular weight excluding hydrogens is 252 g/mol. The average molecular weight is 270 g/mol. The van der Waals surface area contributed by atoms with Crippen LogP contribution < -0.4 is 10.2 Å². The molecule has 1 fully saturated rings. The van der Waals surface area contributed by atoms with Gasteiger partial charge in [0.05, 0.1) is 5.92 Å². The third-order valence-electron chi connectivity index (χ3n) is 4.30. The molecule has 0 spiro atoms. The summed E-state index contributed by atoms with van der Waals surface area (Å²) in [6.07, 6.45) is 2.20. The lowest BCUT2D eigenvalue weighted by Crippen LogP contribution is -2.26. The van der Waals surface area contributed by atoms with Crippen LogP contribution in [0.4, 0.5) is 5.69 Å². The van der Waals surface area contributed by atoms with Crippen molar-refractivity contribution >= 4 is 17.5 Å². The molecule has 0 aliphatic carbocycles. The summed E-state index contributed by atoms with van der Waals surface area (Å²) < 4.78 is 0. The van der Waals surface area contributed by atoms with Crippen molar-refractivity contribution in [3.63, 3.8) is 0 Å². The minimum Gasteiger partial charge on any atom is -0.347 e. The maximum absolute atomic E-state index is 11.8. The van der Waals surface area contributed by atoms with E-state index in [0.29, 0.717) is 0 Å². The van der Waals surface area contributed by atoms with Gasteiger partial charge in [0.2, 0.25) is 11.8 Å². The summed E-state index contributed by atoms with van der Waals surface area (Å²) in [5.74, 6) is -0.732. The molecule has 1 aromatic carbocycles. The van der Waals surface area contributed by atoms with Crippen molar-refractivity contribution in [2.45, 2.75) is 25.7 Å². The number of anilines is 1. The fourth-order valence-electron chi connectivity index (χ4n) is 3.20. The van der Waals surface area contributed by atoms with Crippen LogP contribution in [0.1, 0.15) is 25.8 Å². The molecule has 0 radical (unpaired) electrons. The lowest BCUT2D eigenvalue weighted by Gasteiger charge is -2.25. The molecule has 0 bridgehead atoms. The van der Waals surface area contributed by atoms with Gasteiger partial charge in [-0.3, -0.25) is 14.9 Å². The zero-order valence-electron chi connectivity index (χ0n) is 11.9. The molecule has 1 N–H and O–H groups in total. The van der Waals surface area contributed by atoms with Gasteiger partial charge in [0.25, 0.3) is 0 Å². The predicted molar refractivity (Wildman–Crippen MR) is 77.2 cm³/mol. The highest BCUT2D eigenvalue weighted by Crippen LogP contribution is 2.47. The SMILES string of the molecule is CN1/C(=C/[C@H]2CC(=O)NC2=O)C(C)(C)c2ccccc21. The Kier molecular flexibility index (Phi) is 2.71. The van der Waals surface area contributed by atoms with E-state index in [1.54, 1.807) is 0 Å². The number of hydrogen-bond acceptors (Lipinski definition) is 3.